The van der Waals surface area contributed by atoms with Crippen LogP contribution in [0.2, 0.25) is 5.02 Å². The number of carbonyl (C=O) groups excluding carboxylic acids is 3. The maximum Gasteiger partial charge on any atom is 0.325 e. The minimum absolute atomic E-state index is 0.221. The molecule has 2 aliphatic rings. The van der Waals surface area contributed by atoms with Gasteiger partial charge in [-0.15, -0.1) is 0 Å². The lowest BCUT2D eigenvalue weighted by Gasteiger charge is -2.42. The van der Waals surface area contributed by atoms with Gasteiger partial charge in [0.15, 0.2) is 0 Å². The normalized spacial score (nSPS) is 24.6. The summed E-state index contributed by atoms with van der Waals surface area (Å²) < 4.78 is 0. The summed E-state index contributed by atoms with van der Waals surface area (Å²) in [6.45, 7) is 6.37. The zero-order valence-electron chi connectivity index (χ0n) is 17.2. The van der Waals surface area contributed by atoms with Crippen molar-refractivity contribution >= 4 is 35.1 Å². The van der Waals surface area contributed by atoms with Gasteiger partial charge >= 0.3 is 6.03 Å². The summed E-state index contributed by atoms with van der Waals surface area (Å²) in [5.41, 5.74) is 5.20. The second-order valence-electron chi connectivity index (χ2n) is 8.70. The fourth-order valence-electron chi connectivity index (χ4n) is 4.23. The Bertz CT molecular complexity index is 803. The summed E-state index contributed by atoms with van der Waals surface area (Å²) in [5.74, 6) is -0.249. The maximum atomic E-state index is 13.0. The zero-order chi connectivity index (χ0) is 21.2. The number of nitrogens with zero attached hydrogens (tertiary/aromatic N) is 1. The molecule has 1 saturated carbocycles. The lowest BCUT2D eigenvalue weighted by molar-refractivity contribution is -0.136. The third-order valence-corrected chi connectivity index (χ3v) is 6.81. The molecule has 3 rings (SSSR count). The molecule has 3 N–H and O–H groups in total. The number of nitrogens with one attached hydrogen (secondary N) is 3. The van der Waals surface area contributed by atoms with Gasteiger partial charge < -0.3 is 5.32 Å². The van der Waals surface area contributed by atoms with Crippen LogP contribution in [-0.4, -0.2) is 34.8 Å². The molecule has 8 heteroatoms. The Kier molecular flexibility index (Phi) is 6.08. The molecule has 0 atom stereocenters. The maximum absolute atomic E-state index is 13.0. The van der Waals surface area contributed by atoms with Crippen molar-refractivity contribution < 1.29 is 14.4 Å². The Balaban J connectivity index is 1.57. The first kappa shape index (κ1) is 21.4. The highest BCUT2D eigenvalue weighted by Crippen LogP contribution is 2.45. The van der Waals surface area contributed by atoms with Gasteiger partial charge in [-0.3, -0.25) is 25.3 Å². The average Bonchev–Trinajstić information content (AvgIpc) is 2.91. The molecule has 0 radical (unpaired) electrons. The van der Waals surface area contributed by atoms with Crippen LogP contribution in [0.5, 0.6) is 0 Å². The first-order valence-corrected chi connectivity index (χ1v) is 10.5. The molecule has 158 valence electrons. The molecule has 1 aliphatic carbocycles. The number of amides is 4. The van der Waals surface area contributed by atoms with E-state index in [1.165, 1.54) is 0 Å². The number of imide groups is 1. The molecule has 29 heavy (non-hydrogen) atoms. The van der Waals surface area contributed by atoms with Gasteiger partial charge in [0.25, 0.3) is 11.8 Å². The number of urea groups is 1. The Morgan fingerprint density at radius 3 is 2.62 bits per heavy atom. The molecule has 0 bridgehead atoms. The number of benzene rings is 1. The Morgan fingerprint density at radius 2 is 2.00 bits per heavy atom. The van der Waals surface area contributed by atoms with Gasteiger partial charge in [-0.2, -0.15) is 0 Å². The van der Waals surface area contributed by atoms with E-state index < -0.39 is 17.5 Å². The summed E-state index contributed by atoms with van der Waals surface area (Å²) >= 11 is 5.91. The molecule has 0 unspecified atom stereocenters. The van der Waals surface area contributed by atoms with E-state index in [-0.39, 0.29) is 17.9 Å². The van der Waals surface area contributed by atoms with E-state index >= 15 is 0 Å². The number of anilines is 1. The van der Waals surface area contributed by atoms with Crippen LogP contribution in [0.3, 0.4) is 0 Å². The van der Waals surface area contributed by atoms with E-state index in [0.29, 0.717) is 29.5 Å². The molecule has 4 amide bonds. The lowest BCUT2D eigenvalue weighted by Crippen LogP contribution is -2.51. The van der Waals surface area contributed by atoms with Gasteiger partial charge in [-0.1, -0.05) is 44.9 Å². The van der Waals surface area contributed by atoms with Gasteiger partial charge in [-0.05, 0) is 55.2 Å². The Hall–Kier alpha value is -2.28. The zero-order valence-corrected chi connectivity index (χ0v) is 17.9. The van der Waals surface area contributed by atoms with Crippen LogP contribution in [0.15, 0.2) is 24.3 Å². The van der Waals surface area contributed by atoms with Crippen molar-refractivity contribution in [3.8, 4) is 0 Å². The molecule has 1 saturated heterocycles. The van der Waals surface area contributed by atoms with Gasteiger partial charge in [-0.25, -0.2) is 4.79 Å². The number of rotatable bonds is 6. The second-order valence-corrected chi connectivity index (χ2v) is 9.14. The lowest BCUT2D eigenvalue weighted by atomic mass is 9.65. The average molecular weight is 421 g/mol. The summed E-state index contributed by atoms with van der Waals surface area (Å²) in [5, 5.41) is 3.40. The highest BCUT2D eigenvalue weighted by atomic mass is 35.5. The van der Waals surface area contributed by atoms with Gasteiger partial charge in [0.05, 0.1) is 5.69 Å². The monoisotopic (exact) mass is 420 g/mol. The summed E-state index contributed by atoms with van der Waals surface area (Å²) in [7, 11) is 0. The van der Waals surface area contributed by atoms with E-state index in [9.17, 15) is 14.4 Å². The molecule has 1 aromatic carbocycles. The minimum Gasteiger partial charge on any atom is -0.323 e. The van der Waals surface area contributed by atoms with Crippen molar-refractivity contribution in [3.63, 3.8) is 0 Å². The van der Waals surface area contributed by atoms with E-state index in [1.807, 2.05) is 0 Å². The molecule has 7 nitrogen and oxygen atoms in total. The molecule has 0 aromatic heterocycles. The summed E-state index contributed by atoms with van der Waals surface area (Å²) in [6.07, 6.45) is 4.10. The van der Waals surface area contributed by atoms with E-state index in [1.54, 1.807) is 24.3 Å². The van der Waals surface area contributed by atoms with Crippen LogP contribution in [0, 0.1) is 11.3 Å². The van der Waals surface area contributed by atoms with Crippen LogP contribution < -0.4 is 16.2 Å². The molecule has 1 aromatic rings. The molecule has 1 heterocycles. The standard InChI is InChI=1S/C21H29ClN4O3/c1-4-20(2,3)14-8-10-21(11-9-14)18(28)26(19(29)23-21)13-17(27)25-24-16-7-5-6-15(22)12-16/h5-7,12,14,24H,4,8-11,13H2,1-3H3,(H,23,29)(H,25,27). The van der Waals surface area contributed by atoms with Crippen molar-refractivity contribution in [1.82, 2.24) is 15.6 Å². The first-order chi connectivity index (χ1) is 13.7. The third-order valence-electron chi connectivity index (χ3n) is 6.57. The first-order valence-electron chi connectivity index (χ1n) is 10.1. The van der Waals surface area contributed by atoms with Crippen molar-refractivity contribution in [3.05, 3.63) is 29.3 Å². The fourth-order valence-corrected chi connectivity index (χ4v) is 4.42. The summed E-state index contributed by atoms with van der Waals surface area (Å²) in [4.78, 5) is 38.7. The van der Waals surface area contributed by atoms with E-state index in [0.717, 1.165) is 24.2 Å². The second kappa shape index (κ2) is 8.22. The van der Waals surface area contributed by atoms with Crippen LogP contribution in [0.25, 0.3) is 0 Å². The van der Waals surface area contributed by atoms with Crippen LogP contribution >= 0.6 is 11.6 Å². The van der Waals surface area contributed by atoms with Gasteiger partial charge in [0.2, 0.25) is 0 Å². The van der Waals surface area contributed by atoms with E-state index in [2.05, 4.69) is 36.9 Å². The smallest absolute Gasteiger partial charge is 0.323 e. The van der Waals surface area contributed by atoms with Gasteiger partial charge in [0, 0.05) is 5.02 Å². The van der Waals surface area contributed by atoms with Gasteiger partial charge in [0.1, 0.15) is 12.1 Å². The van der Waals surface area contributed by atoms with Crippen molar-refractivity contribution in [2.45, 2.75) is 58.4 Å². The quantitative estimate of drug-likeness (QED) is 0.483. The molecule has 2 fully saturated rings. The predicted octanol–water partition coefficient (Wildman–Crippen LogP) is 3.70. The number of carbonyl (C=O) groups is 3. The number of hydrogen-bond acceptors (Lipinski definition) is 4. The van der Waals surface area contributed by atoms with Crippen LogP contribution in [-0.2, 0) is 9.59 Å². The topological polar surface area (TPSA) is 90.5 Å². The largest absolute Gasteiger partial charge is 0.325 e. The predicted molar refractivity (Wildman–Crippen MR) is 112 cm³/mol. The van der Waals surface area contributed by atoms with Crippen molar-refractivity contribution in [1.29, 1.82) is 0 Å². The van der Waals surface area contributed by atoms with Crippen molar-refractivity contribution in [2.75, 3.05) is 12.0 Å². The minimum atomic E-state index is -0.863. The number of halogens is 1. The molecular formula is C21H29ClN4O3. The van der Waals surface area contributed by atoms with Crippen LogP contribution in [0.1, 0.15) is 52.9 Å². The molecule has 1 aliphatic heterocycles. The Labute approximate surface area is 176 Å². The SMILES string of the molecule is CCC(C)(C)C1CCC2(CC1)NC(=O)N(CC(=O)NNc1cccc(Cl)c1)C2=O. The molecule has 1 spiro atoms. The van der Waals surface area contributed by atoms with Crippen molar-refractivity contribution in [2.24, 2.45) is 11.3 Å². The highest BCUT2D eigenvalue weighted by molar-refractivity contribution is 6.30. The van der Waals surface area contributed by atoms with E-state index in [4.69, 9.17) is 11.6 Å². The fraction of sp³-hybridized carbons (Fsp3) is 0.571. The number of hydrogen-bond donors (Lipinski definition) is 3. The third kappa shape index (κ3) is 4.50. The molecular weight excluding hydrogens is 392 g/mol. The Morgan fingerprint density at radius 1 is 1.31 bits per heavy atom. The summed E-state index contributed by atoms with van der Waals surface area (Å²) in [6, 6.07) is 6.36. The van der Waals surface area contributed by atoms with Crippen LogP contribution in [0.4, 0.5) is 10.5 Å². The number of hydrazine groups is 1. The highest BCUT2D eigenvalue weighted by Gasteiger charge is 2.53.